The molecule has 2 heterocycles. The minimum atomic E-state index is 0.00389. The van der Waals surface area contributed by atoms with Crippen LogP contribution in [0.5, 0.6) is 11.5 Å². The van der Waals surface area contributed by atoms with Crippen LogP contribution in [0.3, 0.4) is 0 Å². The van der Waals surface area contributed by atoms with Gasteiger partial charge in [-0.25, -0.2) is 9.97 Å². The molecule has 0 atom stereocenters. The summed E-state index contributed by atoms with van der Waals surface area (Å²) in [5.74, 6) is 1.36. The van der Waals surface area contributed by atoms with Gasteiger partial charge in [-0.1, -0.05) is 71.7 Å². The Kier molecular flexibility index (Phi) is 9.62. The molecular formula is C34H26Cl2N2O4. The maximum atomic E-state index is 10.7. The van der Waals surface area contributed by atoms with E-state index in [0.29, 0.717) is 34.6 Å². The number of benzene rings is 4. The molecule has 0 amide bonds. The second kappa shape index (κ2) is 13.9. The van der Waals surface area contributed by atoms with E-state index >= 15 is 0 Å². The molecule has 4 aromatic carbocycles. The highest BCUT2D eigenvalue weighted by Gasteiger charge is 2.03. The summed E-state index contributed by atoms with van der Waals surface area (Å²) in [6, 6.07) is 33.5. The molecule has 0 radical (unpaired) electrons. The lowest BCUT2D eigenvalue weighted by molar-refractivity contribution is 0.112. The van der Waals surface area contributed by atoms with Crippen LogP contribution >= 0.6 is 23.2 Å². The van der Waals surface area contributed by atoms with Gasteiger partial charge in [-0.3, -0.25) is 4.79 Å². The van der Waals surface area contributed by atoms with Gasteiger partial charge in [0.05, 0.1) is 29.0 Å². The van der Waals surface area contributed by atoms with Crippen molar-refractivity contribution in [3.63, 3.8) is 0 Å². The fourth-order valence-electron chi connectivity index (χ4n) is 4.15. The smallest absolute Gasteiger partial charge is 0.150 e. The standard InChI is InChI=1S/C17H14ClNO2.C17H12ClNO2/c2*18-14-6-4-13-5-7-15(19-17(13)9-14)11-21-16-3-1-2-12(8-16)10-20/h1-9,20H,10-11H2;1-10H,11H2. The Balaban J connectivity index is 0.000000168. The van der Waals surface area contributed by atoms with Crippen LogP contribution in [-0.2, 0) is 19.8 Å². The van der Waals surface area contributed by atoms with Gasteiger partial charge in [0, 0.05) is 26.4 Å². The Labute approximate surface area is 253 Å². The van der Waals surface area contributed by atoms with Crippen LogP contribution in [0.15, 0.2) is 109 Å². The first-order valence-corrected chi connectivity index (χ1v) is 13.9. The van der Waals surface area contributed by atoms with E-state index in [2.05, 4.69) is 9.97 Å². The zero-order valence-corrected chi connectivity index (χ0v) is 23.9. The number of rotatable bonds is 8. The summed E-state index contributed by atoms with van der Waals surface area (Å²) >= 11 is 12.0. The summed E-state index contributed by atoms with van der Waals surface area (Å²) in [5, 5.41) is 12.5. The lowest BCUT2D eigenvalue weighted by Gasteiger charge is -2.08. The van der Waals surface area contributed by atoms with Crippen LogP contribution < -0.4 is 9.47 Å². The second-order valence-electron chi connectivity index (χ2n) is 9.35. The maximum absolute atomic E-state index is 10.7. The minimum Gasteiger partial charge on any atom is -0.487 e. The van der Waals surface area contributed by atoms with Crippen molar-refractivity contribution >= 4 is 51.3 Å². The third-order valence-electron chi connectivity index (χ3n) is 6.27. The molecular weight excluding hydrogens is 571 g/mol. The Hall–Kier alpha value is -4.49. The number of fused-ring (bicyclic) bond motifs is 2. The van der Waals surface area contributed by atoms with Crippen molar-refractivity contribution in [3.8, 4) is 11.5 Å². The van der Waals surface area contributed by atoms with Crippen molar-refractivity contribution in [2.75, 3.05) is 0 Å². The highest BCUT2D eigenvalue weighted by atomic mass is 35.5. The highest BCUT2D eigenvalue weighted by molar-refractivity contribution is 6.31. The molecule has 0 aliphatic heterocycles. The molecule has 0 fully saturated rings. The number of ether oxygens (including phenoxy) is 2. The van der Waals surface area contributed by atoms with Crippen LogP contribution in [0, 0.1) is 0 Å². The highest BCUT2D eigenvalue weighted by Crippen LogP contribution is 2.21. The molecule has 2 aromatic heterocycles. The average Bonchev–Trinajstić information content (AvgIpc) is 3.03. The average molecular weight is 597 g/mol. The molecule has 0 aliphatic rings. The quantitative estimate of drug-likeness (QED) is 0.178. The molecule has 6 nitrogen and oxygen atoms in total. The second-order valence-corrected chi connectivity index (χ2v) is 10.2. The zero-order chi connectivity index (χ0) is 29.3. The monoisotopic (exact) mass is 596 g/mol. The maximum Gasteiger partial charge on any atom is 0.150 e. The summed E-state index contributed by atoms with van der Waals surface area (Å²) in [4.78, 5) is 19.8. The molecule has 6 aromatic rings. The van der Waals surface area contributed by atoms with Crippen LogP contribution in [0.1, 0.15) is 27.3 Å². The van der Waals surface area contributed by atoms with E-state index < -0.39 is 0 Å². The first-order chi connectivity index (χ1) is 20.5. The van der Waals surface area contributed by atoms with Crippen LogP contribution in [0.2, 0.25) is 10.0 Å². The zero-order valence-electron chi connectivity index (χ0n) is 22.4. The third-order valence-corrected chi connectivity index (χ3v) is 6.74. The Morgan fingerprint density at radius 3 is 1.71 bits per heavy atom. The van der Waals surface area contributed by atoms with Crippen molar-refractivity contribution in [1.82, 2.24) is 9.97 Å². The summed E-state index contributed by atoms with van der Waals surface area (Å²) in [7, 11) is 0. The van der Waals surface area contributed by atoms with E-state index in [4.69, 9.17) is 37.8 Å². The van der Waals surface area contributed by atoms with Gasteiger partial charge in [-0.2, -0.15) is 0 Å². The van der Waals surface area contributed by atoms with Crippen molar-refractivity contribution in [3.05, 3.63) is 142 Å². The molecule has 1 N–H and O–H groups in total. The fraction of sp³-hybridized carbons (Fsp3) is 0.0882. The van der Waals surface area contributed by atoms with E-state index in [1.807, 2.05) is 91.0 Å². The topological polar surface area (TPSA) is 81.5 Å². The van der Waals surface area contributed by atoms with Gasteiger partial charge in [-0.15, -0.1) is 0 Å². The molecule has 8 heteroatoms. The van der Waals surface area contributed by atoms with Gasteiger partial charge < -0.3 is 14.6 Å². The Bertz CT molecular complexity index is 1840. The van der Waals surface area contributed by atoms with E-state index in [9.17, 15) is 4.79 Å². The first kappa shape index (κ1) is 29.0. The summed E-state index contributed by atoms with van der Waals surface area (Å²) < 4.78 is 11.4. The van der Waals surface area contributed by atoms with Gasteiger partial charge in [0.2, 0.25) is 0 Å². The summed E-state index contributed by atoms with van der Waals surface area (Å²) in [6.07, 6.45) is 0.795. The lowest BCUT2D eigenvalue weighted by Crippen LogP contribution is -1.99. The van der Waals surface area contributed by atoms with Gasteiger partial charge in [0.25, 0.3) is 0 Å². The summed E-state index contributed by atoms with van der Waals surface area (Å²) in [6.45, 7) is 0.714. The van der Waals surface area contributed by atoms with Gasteiger partial charge in [0.1, 0.15) is 31.0 Å². The number of aliphatic hydroxyl groups excluding tert-OH is 1. The largest absolute Gasteiger partial charge is 0.487 e. The first-order valence-electron chi connectivity index (χ1n) is 13.1. The van der Waals surface area contributed by atoms with E-state index in [-0.39, 0.29) is 6.61 Å². The number of nitrogens with zero attached hydrogens (tertiary/aromatic N) is 2. The predicted octanol–water partition coefficient (Wildman–Crippen LogP) is 8.24. The third kappa shape index (κ3) is 7.83. The number of carbonyl (C=O) groups excluding carboxylic acids is 1. The van der Waals surface area contributed by atoms with Crippen LogP contribution in [-0.4, -0.2) is 21.4 Å². The van der Waals surface area contributed by atoms with Crippen molar-refractivity contribution < 1.29 is 19.4 Å². The lowest BCUT2D eigenvalue weighted by atomic mass is 10.2. The normalized spacial score (nSPS) is 10.6. The Morgan fingerprint density at radius 1 is 0.643 bits per heavy atom. The number of carbonyl (C=O) groups is 1. The molecule has 210 valence electrons. The number of aldehydes is 1. The van der Waals surface area contributed by atoms with Gasteiger partial charge >= 0.3 is 0 Å². The molecule has 0 bridgehead atoms. The van der Waals surface area contributed by atoms with Crippen LogP contribution in [0.4, 0.5) is 0 Å². The van der Waals surface area contributed by atoms with Crippen LogP contribution in [0.25, 0.3) is 21.8 Å². The number of hydrogen-bond acceptors (Lipinski definition) is 6. The van der Waals surface area contributed by atoms with Crippen molar-refractivity contribution in [2.24, 2.45) is 0 Å². The number of aliphatic hydroxyl groups is 1. The minimum absolute atomic E-state index is 0.00389. The van der Waals surface area contributed by atoms with Crippen molar-refractivity contribution in [1.29, 1.82) is 0 Å². The molecule has 0 saturated carbocycles. The van der Waals surface area contributed by atoms with E-state index in [1.54, 1.807) is 18.2 Å². The molecule has 0 aliphatic carbocycles. The number of aromatic nitrogens is 2. The molecule has 0 spiro atoms. The van der Waals surface area contributed by atoms with E-state index in [1.165, 1.54) is 0 Å². The molecule has 0 saturated heterocycles. The summed E-state index contributed by atoms with van der Waals surface area (Å²) in [5.41, 5.74) is 4.75. The molecule has 42 heavy (non-hydrogen) atoms. The fourth-order valence-corrected chi connectivity index (χ4v) is 4.48. The predicted molar refractivity (Wildman–Crippen MR) is 166 cm³/mol. The number of pyridine rings is 2. The molecule has 0 unspecified atom stereocenters. The Morgan fingerprint density at radius 2 is 1.17 bits per heavy atom. The number of hydrogen-bond donors (Lipinski definition) is 1. The SMILES string of the molecule is O=Cc1cccc(OCc2ccc3ccc(Cl)cc3n2)c1.OCc1cccc(OCc2ccc3ccc(Cl)cc3n2)c1. The van der Waals surface area contributed by atoms with Crippen molar-refractivity contribution in [2.45, 2.75) is 19.8 Å². The van der Waals surface area contributed by atoms with Gasteiger partial charge in [-0.05, 0) is 66.2 Å². The number of halogens is 2. The van der Waals surface area contributed by atoms with Gasteiger partial charge in [0.15, 0.2) is 0 Å². The van der Waals surface area contributed by atoms with E-state index in [0.717, 1.165) is 50.8 Å². The molecule has 6 rings (SSSR count).